The van der Waals surface area contributed by atoms with Gasteiger partial charge in [0.15, 0.2) is 10.6 Å². The summed E-state index contributed by atoms with van der Waals surface area (Å²) in [7, 11) is 0. The molecule has 10 heteroatoms. The number of aromatic nitrogens is 4. The van der Waals surface area contributed by atoms with Gasteiger partial charge < -0.3 is 14.5 Å². The summed E-state index contributed by atoms with van der Waals surface area (Å²) in [6.45, 7) is 4.93. The van der Waals surface area contributed by atoms with Crippen LogP contribution in [0.4, 0.5) is 0 Å². The molecule has 1 aromatic carbocycles. The molecule has 33 heavy (non-hydrogen) atoms. The summed E-state index contributed by atoms with van der Waals surface area (Å²) in [5, 5.41) is 6.09. The maximum absolute atomic E-state index is 12.6. The minimum absolute atomic E-state index is 0.136. The minimum Gasteiger partial charge on any atom is -0.465 e. The first kappa shape index (κ1) is 22.6. The number of H-pyrrole nitrogens is 1. The highest BCUT2D eigenvalue weighted by Crippen LogP contribution is 2.29. The standard InChI is InChI=1S/C23H29N5O3S2/c1-2-30-22(29)20-14-33-11-9-26(20)15-28-23(32)27(13-16-6-5-10-31-16)21(25-28)18-12-24-19-8-4-3-7-17(18)19/h3-4,7-8,12,16,20,24H,2,5-6,9-11,13-15H2,1H3. The van der Waals surface area contributed by atoms with E-state index in [2.05, 4.69) is 26.6 Å². The first-order chi connectivity index (χ1) is 16.2. The van der Waals surface area contributed by atoms with Gasteiger partial charge in [-0.3, -0.25) is 14.3 Å². The zero-order chi connectivity index (χ0) is 22.8. The van der Waals surface area contributed by atoms with Gasteiger partial charge in [0.1, 0.15) is 6.04 Å². The molecule has 2 aliphatic heterocycles. The Morgan fingerprint density at radius 3 is 3.09 bits per heavy atom. The number of aromatic amines is 1. The number of hydrogen-bond donors (Lipinski definition) is 1. The van der Waals surface area contributed by atoms with Gasteiger partial charge in [-0.15, -0.1) is 0 Å². The Kier molecular flexibility index (Phi) is 6.86. The lowest BCUT2D eigenvalue weighted by atomic mass is 10.1. The number of esters is 1. The number of nitrogens with zero attached hydrogens (tertiary/aromatic N) is 4. The lowest BCUT2D eigenvalue weighted by Crippen LogP contribution is -2.48. The van der Waals surface area contributed by atoms with Crippen molar-refractivity contribution in [1.82, 2.24) is 24.2 Å². The predicted octanol–water partition coefficient (Wildman–Crippen LogP) is 3.68. The second-order valence-electron chi connectivity index (χ2n) is 8.40. The molecule has 2 aromatic heterocycles. The van der Waals surface area contributed by atoms with Gasteiger partial charge >= 0.3 is 5.97 Å². The summed E-state index contributed by atoms with van der Waals surface area (Å²) >= 11 is 7.70. The van der Waals surface area contributed by atoms with Crippen LogP contribution in [0.1, 0.15) is 19.8 Å². The van der Waals surface area contributed by atoms with E-state index in [9.17, 15) is 4.79 Å². The monoisotopic (exact) mass is 487 g/mol. The molecular formula is C23H29N5O3S2. The van der Waals surface area contributed by atoms with E-state index in [1.165, 1.54) is 0 Å². The summed E-state index contributed by atoms with van der Waals surface area (Å²) in [6, 6.07) is 7.92. The van der Waals surface area contributed by atoms with Crippen LogP contribution < -0.4 is 0 Å². The average molecular weight is 488 g/mol. The fraction of sp³-hybridized carbons (Fsp3) is 0.522. The van der Waals surface area contributed by atoms with Gasteiger partial charge in [-0.1, -0.05) is 18.2 Å². The van der Waals surface area contributed by atoms with Crippen molar-refractivity contribution < 1.29 is 14.3 Å². The number of rotatable bonds is 7. The molecule has 1 N–H and O–H groups in total. The number of thioether (sulfide) groups is 1. The fourth-order valence-electron chi connectivity index (χ4n) is 4.58. The van der Waals surface area contributed by atoms with Crippen molar-refractivity contribution in [3.8, 4) is 11.4 Å². The highest BCUT2D eigenvalue weighted by atomic mass is 32.2. The maximum Gasteiger partial charge on any atom is 0.324 e. The van der Waals surface area contributed by atoms with Crippen molar-refractivity contribution in [2.75, 3.05) is 31.3 Å². The van der Waals surface area contributed by atoms with Crippen LogP contribution >= 0.6 is 24.0 Å². The Morgan fingerprint density at radius 2 is 2.27 bits per heavy atom. The number of para-hydroxylation sites is 1. The van der Waals surface area contributed by atoms with Crippen molar-refractivity contribution >= 4 is 40.9 Å². The molecule has 2 aliphatic rings. The molecule has 2 fully saturated rings. The summed E-state index contributed by atoms with van der Waals surface area (Å²) in [4.78, 5) is 18.0. The predicted molar refractivity (Wildman–Crippen MR) is 132 cm³/mol. The molecule has 176 valence electrons. The van der Waals surface area contributed by atoms with Gasteiger partial charge in [-0.2, -0.15) is 16.9 Å². The van der Waals surface area contributed by atoms with Crippen LogP contribution in [0.3, 0.4) is 0 Å². The van der Waals surface area contributed by atoms with Crippen molar-refractivity contribution in [3.63, 3.8) is 0 Å². The molecule has 0 bridgehead atoms. The third-order valence-electron chi connectivity index (χ3n) is 6.28. The van der Waals surface area contributed by atoms with Gasteiger partial charge in [0.2, 0.25) is 0 Å². The lowest BCUT2D eigenvalue weighted by Gasteiger charge is -2.33. The average Bonchev–Trinajstić information content (AvgIpc) is 3.56. The quantitative estimate of drug-likeness (QED) is 0.402. The second kappa shape index (κ2) is 10.0. The van der Waals surface area contributed by atoms with E-state index in [1.807, 2.05) is 29.9 Å². The molecule has 0 saturated carbocycles. The number of benzene rings is 1. The van der Waals surface area contributed by atoms with Crippen molar-refractivity contribution in [1.29, 1.82) is 0 Å². The lowest BCUT2D eigenvalue weighted by molar-refractivity contribution is -0.149. The maximum atomic E-state index is 12.6. The molecule has 5 rings (SSSR count). The van der Waals surface area contributed by atoms with Crippen LogP contribution in [0.25, 0.3) is 22.3 Å². The van der Waals surface area contributed by atoms with E-state index in [0.717, 1.165) is 59.8 Å². The summed E-state index contributed by atoms with van der Waals surface area (Å²) in [6.07, 6.45) is 4.23. The Bertz CT molecular complexity index is 1180. The normalized spacial score (nSPS) is 21.6. The smallest absolute Gasteiger partial charge is 0.324 e. The van der Waals surface area contributed by atoms with Crippen molar-refractivity contribution in [2.45, 2.75) is 45.1 Å². The van der Waals surface area contributed by atoms with Crippen molar-refractivity contribution in [2.24, 2.45) is 0 Å². The van der Waals surface area contributed by atoms with E-state index in [4.69, 9.17) is 26.8 Å². The molecule has 0 aliphatic carbocycles. The topological polar surface area (TPSA) is 77.3 Å². The number of carbonyl (C=O) groups excluding carboxylic acids is 1. The number of nitrogens with one attached hydrogen (secondary N) is 1. The van der Waals surface area contributed by atoms with E-state index in [-0.39, 0.29) is 18.1 Å². The fourth-order valence-corrected chi connectivity index (χ4v) is 5.94. The number of ether oxygens (including phenoxy) is 2. The zero-order valence-electron chi connectivity index (χ0n) is 18.7. The number of fused-ring (bicyclic) bond motifs is 1. The van der Waals surface area contributed by atoms with Crippen LogP contribution in [0.5, 0.6) is 0 Å². The largest absolute Gasteiger partial charge is 0.465 e. The highest BCUT2D eigenvalue weighted by molar-refractivity contribution is 7.99. The molecule has 0 amide bonds. The van der Waals surface area contributed by atoms with Crippen LogP contribution in [0, 0.1) is 4.77 Å². The van der Waals surface area contributed by atoms with Gasteiger partial charge in [0.05, 0.1) is 25.9 Å². The Balaban J connectivity index is 1.51. The molecule has 8 nitrogen and oxygen atoms in total. The molecule has 3 aromatic rings. The molecule has 0 radical (unpaired) electrons. The summed E-state index contributed by atoms with van der Waals surface area (Å²) < 4.78 is 15.8. The summed E-state index contributed by atoms with van der Waals surface area (Å²) in [5.74, 6) is 2.34. The van der Waals surface area contributed by atoms with Crippen LogP contribution in [-0.2, 0) is 27.5 Å². The van der Waals surface area contributed by atoms with E-state index in [0.29, 0.717) is 24.6 Å². The second-order valence-corrected chi connectivity index (χ2v) is 9.91. The Hall–Kier alpha value is -2.14. The molecular weight excluding hydrogens is 458 g/mol. The third kappa shape index (κ3) is 4.62. The van der Waals surface area contributed by atoms with Crippen LogP contribution in [-0.4, -0.2) is 73.6 Å². The van der Waals surface area contributed by atoms with Crippen LogP contribution in [0.15, 0.2) is 30.5 Å². The van der Waals surface area contributed by atoms with E-state index < -0.39 is 0 Å². The molecule has 0 spiro atoms. The van der Waals surface area contributed by atoms with Gasteiger partial charge in [-0.05, 0) is 38.0 Å². The summed E-state index contributed by atoms with van der Waals surface area (Å²) in [5.41, 5.74) is 2.08. The SMILES string of the molecule is CCOC(=O)C1CSCCN1Cn1nc(-c2c[nH]c3ccccc23)n(CC2CCCO2)c1=S. The van der Waals surface area contributed by atoms with Crippen LogP contribution in [0.2, 0.25) is 0 Å². The third-order valence-corrected chi connectivity index (χ3v) is 7.73. The minimum atomic E-state index is -0.287. The van der Waals surface area contributed by atoms with Gasteiger partial charge in [0, 0.05) is 47.3 Å². The molecule has 2 unspecified atom stereocenters. The first-order valence-corrected chi connectivity index (χ1v) is 13.1. The van der Waals surface area contributed by atoms with E-state index >= 15 is 0 Å². The number of carbonyl (C=O) groups is 1. The Morgan fingerprint density at radius 1 is 1.39 bits per heavy atom. The highest BCUT2D eigenvalue weighted by Gasteiger charge is 2.31. The molecule has 4 heterocycles. The van der Waals surface area contributed by atoms with Crippen molar-refractivity contribution in [3.05, 3.63) is 35.2 Å². The molecule has 2 atom stereocenters. The van der Waals surface area contributed by atoms with Gasteiger partial charge in [-0.25, -0.2) is 4.68 Å². The number of hydrogen-bond acceptors (Lipinski definition) is 7. The zero-order valence-corrected chi connectivity index (χ0v) is 20.4. The molecule has 2 saturated heterocycles. The first-order valence-electron chi connectivity index (χ1n) is 11.5. The van der Waals surface area contributed by atoms with E-state index in [1.54, 1.807) is 11.8 Å². The van der Waals surface area contributed by atoms with Gasteiger partial charge in [0.25, 0.3) is 0 Å². The Labute approximate surface area is 202 Å².